The van der Waals surface area contributed by atoms with E-state index < -0.39 is 11.9 Å². The number of esters is 1. The molecule has 0 amide bonds. The number of benzene rings is 3. The highest BCUT2D eigenvalue weighted by molar-refractivity contribution is 9.10. The number of phenolic OH excluding ortho intramolecular Hbond substituents is 1. The van der Waals surface area contributed by atoms with E-state index in [1.54, 1.807) is 12.1 Å². The van der Waals surface area contributed by atoms with Gasteiger partial charge in [-0.05, 0) is 83.1 Å². The molecule has 3 aromatic rings. The number of halogens is 2. The maximum atomic E-state index is 13.9. The molecule has 1 aliphatic heterocycles. The zero-order valence-electron chi connectivity index (χ0n) is 22.9. The predicted octanol–water partition coefficient (Wildman–Crippen LogP) is 7.35. The summed E-state index contributed by atoms with van der Waals surface area (Å²) in [5, 5.41) is 14.6. The van der Waals surface area contributed by atoms with Gasteiger partial charge < -0.3 is 19.9 Å². The summed E-state index contributed by atoms with van der Waals surface area (Å²) in [4.78, 5) is 27.6. The molecule has 0 saturated heterocycles. The van der Waals surface area contributed by atoms with E-state index in [2.05, 4.69) is 21.2 Å². The number of phenols is 1. The second kappa shape index (κ2) is 12.5. The van der Waals surface area contributed by atoms with Gasteiger partial charge in [-0.15, -0.1) is 0 Å². The number of ether oxygens (including phenoxy) is 2. The van der Waals surface area contributed by atoms with Crippen molar-refractivity contribution in [3.05, 3.63) is 115 Å². The largest absolute Gasteiger partial charge is 0.503 e. The van der Waals surface area contributed by atoms with E-state index in [0.717, 1.165) is 16.8 Å². The van der Waals surface area contributed by atoms with Crippen molar-refractivity contribution >= 4 is 39.3 Å². The van der Waals surface area contributed by atoms with E-state index in [9.17, 15) is 14.7 Å². The SMILES string of the molecule is CCOc1cc([C@H]2C(C(=O)OCCc3ccccc3)=C(C)NC3=C2C(=O)C[C@@H](c2ccc(Cl)cc2)C3)cc(Br)c1O. The smallest absolute Gasteiger partial charge is 0.336 e. The Bertz CT molecular complexity index is 1530. The second-order valence-electron chi connectivity index (χ2n) is 10.2. The molecule has 0 aromatic heterocycles. The van der Waals surface area contributed by atoms with Crippen molar-refractivity contribution in [3.8, 4) is 11.5 Å². The first-order valence-corrected chi connectivity index (χ1v) is 14.8. The molecule has 0 saturated carbocycles. The van der Waals surface area contributed by atoms with Crippen molar-refractivity contribution in [2.75, 3.05) is 13.2 Å². The molecule has 212 valence electrons. The van der Waals surface area contributed by atoms with Crippen LogP contribution in [-0.4, -0.2) is 30.1 Å². The number of allylic oxidation sites excluding steroid dienone is 3. The van der Waals surface area contributed by atoms with Crippen LogP contribution in [0.1, 0.15) is 55.2 Å². The van der Waals surface area contributed by atoms with Crippen molar-refractivity contribution in [1.82, 2.24) is 5.32 Å². The molecule has 1 aliphatic carbocycles. The van der Waals surface area contributed by atoms with Gasteiger partial charge in [-0.25, -0.2) is 4.79 Å². The van der Waals surface area contributed by atoms with Crippen LogP contribution in [0.15, 0.2) is 93.7 Å². The van der Waals surface area contributed by atoms with E-state index in [4.69, 9.17) is 21.1 Å². The first kappa shape index (κ1) is 29.0. The maximum absolute atomic E-state index is 13.9. The van der Waals surface area contributed by atoms with Crippen LogP contribution in [0, 0.1) is 0 Å². The highest BCUT2D eigenvalue weighted by atomic mass is 79.9. The number of carbonyl (C=O) groups is 2. The van der Waals surface area contributed by atoms with E-state index in [0.29, 0.717) is 57.8 Å². The van der Waals surface area contributed by atoms with Crippen LogP contribution in [0.2, 0.25) is 5.02 Å². The third-order valence-electron chi connectivity index (χ3n) is 7.54. The van der Waals surface area contributed by atoms with Crippen LogP contribution in [0.5, 0.6) is 11.5 Å². The molecule has 5 rings (SSSR count). The topological polar surface area (TPSA) is 84.9 Å². The summed E-state index contributed by atoms with van der Waals surface area (Å²) in [6, 6.07) is 20.8. The minimum Gasteiger partial charge on any atom is -0.503 e. The lowest BCUT2D eigenvalue weighted by molar-refractivity contribution is -0.139. The Kier molecular flexibility index (Phi) is 8.85. The fourth-order valence-electron chi connectivity index (χ4n) is 5.62. The lowest BCUT2D eigenvalue weighted by Gasteiger charge is -2.37. The van der Waals surface area contributed by atoms with Crippen LogP contribution in [0.25, 0.3) is 0 Å². The van der Waals surface area contributed by atoms with Crippen molar-refractivity contribution in [1.29, 1.82) is 0 Å². The number of hydrogen-bond acceptors (Lipinski definition) is 6. The van der Waals surface area contributed by atoms with Gasteiger partial charge in [0.2, 0.25) is 0 Å². The number of aromatic hydroxyl groups is 1. The van der Waals surface area contributed by atoms with Crippen molar-refractivity contribution < 1.29 is 24.2 Å². The lowest BCUT2D eigenvalue weighted by atomic mass is 9.71. The van der Waals surface area contributed by atoms with Gasteiger partial charge in [-0.1, -0.05) is 54.1 Å². The Morgan fingerprint density at radius 2 is 1.80 bits per heavy atom. The minimum absolute atomic E-state index is 0.0237. The predicted molar refractivity (Wildman–Crippen MR) is 162 cm³/mol. The maximum Gasteiger partial charge on any atom is 0.336 e. The van der Waals surface area contributed by atoms with Gasteiger partial charge >= 0.3 is 5.97 Å². The van der Waals surface area contributed by atoms with Crippen LogP contribution >= 0.6 is 27.5 Å². The summed E-state index contributed by atoms with van der Waals surface area (Å²) in [5.41, 5.74) is 5.07. The number of dihydropyridines is 1. The zero-order chi connectivity index (χ0) is 29.1. The Morgan fingerprint density at radius 3 is 2.51 bits per heavy atom. The van der Waals surface area contributed by atoms with Gasteiger partial charge in [0, 0.05) is 40.7 Å². The lowest BCUT2D eigenvalue weighted by Crippen LogP contribution is -2.36. The monoisotopic (exact) mass is 635 g/mol. The van der Waals surface area contributed by atoms with Gasteiger partial charge in [0.05, 0.1) is 23.3 Å². The Balaban J connectivity index is 1.53. The van der Waals surface area contributed by atoms with Gasteiger partial charge in [0.1, 0.15) is 0 Å². The third-order valence-corrected chi connectivity index (χ3v) is 8.40. The third kappa shape index (κ3) is 6.21. The molecule has 1 heterocycles. The molecule has 2 aliphatic rings. The molecular formula is C33H31BrClNO5. The summed E-state index contributed by atoms with van der Waals surface area (Å²) in [6.45, 7) is 4.20. The number of carbonyl (C=O) groups excluding carboxylic acids is 2. The highest BCUT2D eigenvalue weighted by Gasteiger charge is 2.42. The second-order valence-corrected chi connectivity index (χ2v) is 11.5. The number of Topliss-reactive ketones (excluding diaryl/α,β-unsaturated/α-hetero) is 1. The first-order valence-electron chi connectivity index (χ1n) is 13.6. The average Bonchev–Trinajstić information content (AvgIpc) is 2.95. The summed E-state index contributed by atoms with van der Waals surface area (Å²) in [6.07, 6.45) is 1.47. The molecule has 0 radical (unpaired) electrons. The molecule has 3 aromatic carbocycles. The van der Waals surface area contributed by atoms with Crippen molar-refractivity contribution in [3.63, 3.8) is 0 Å². The molecule has 0 bridgehead atoms. The molecule has 8 heteroatoms. The van der Waals surface area contributed by atoms with Crippen LogP contribution in [0.4, 0.5) is 0 Å². The van der Waals surface area contributed by atoms with Gasteiger partial charge in [0.15, 0.2) is 17.3 Å². The van der Waals surface area contributed by atoms with Gasteiger partial charge in [0.25, 0.3) is 0 Å². The molecule has 2 N–H and O–H groups in total. The highest BCUT2D eigenvalue weighted by Crippen LogP contribution is 2.48. The average molecular weight is 637 g/mol. The van der Waals surface area contributed by atoms with E-state index >= 15 is 0 Å². The normalized spacial score (nSPS) is 18.6. The number of rotatable bonds is 8. The molecule has 41 heavy (non-hydrogen) atoms. The Hall–Kier alpha value is -3.55. The Labute approximate surface area is 253 Å². The van der Waals surface area contributed by atoms with Crippen molar-refractivity contribution in [2.45, 2.75) is 44.9 Å². The van der Waals surface area contributed by atoms with Crippen LogP contribution in [0.3, 0.4) is 0 Å². The quantitative estimate of drug-likeness (QED) is 0.252. The molecule has 6 nitrogen and oxygen atoms in total. The summed E-state index contributed by atoms with van der Waals surface area (Å²) in [5.74, 6) is -1.02. The first-order chi connectivity index (χ1) is 19.8. The molecule has 0 fully saturated rings. The number of hydrogen-bond donors (Lipinski definition) is 2. The number of ketones is 1. The van der Waals surface area contributed by atoms with Crippen LogP contribution in [-0.2, 0) is 20.7 Å². The molecule has 0 spiro atoms. The molecular weight excluding hydrogens is 606 g/mol. The summed E-state index contributed by atoms with van der Waals surface area (Å²) < 4.78 is 11.9. The summed E-state index contributed by atoms with van der Waals surface area (Å²) in [7, 11) is 0. The van der Waals surface area contributed by atoms with Gasteiger partial charge in [-0.3, -0.25) is 4.79 Å². The fraction of sp³-hybridized carbons (Fsp3) is 0.273. The molecule has 2 atom stereocenters. The minimum atomic E-state index is -0.690. The van der Waals surface area contributed by atoms with E-state index in [1.165, 1.54) is 0 Å². The van der Waals surface area contributed by atoms with Crippen molar-refractivity contribution in [2.24, 2.45) is 0 Å². The molecule has 0 unspecified atom stereocenters. The fourth-order valence-corrected chi connectivity index (χ4v) is 6.21. The number of nitrogens with one attached hydrogen (secondary N) is 1. The van der Waals surface area contributed by atoms with E-state index in [-0.39, 0.29) is 29.8 Å². The van der Waals surface area contributed by atoms with E-state index in [1.807, 2.05) is 68.4 Å². The van der Waals surface area contributed by atoms with Crippen LogP contribution < -0.4 is 10.1 Å². The van der Waals surface area contributed by atoms with Gasteiger partial charge in [-0.2, -0.15) is 0 Å². The summed E-state index contributed by atoms with van der Waals surface area (Å²) >= 11 is 9.53. The Morgan fingerprint density at radius 1 is 1.07 bits per heavy atom. The zero-order valence-corrected chi connectivity index (χ0v) is 25.2. The standard InChI is InChI=1S/C33H31BrClNO5/c1-3-40-28-18-23(15-25(34)32(28)38)30-29(33(39)41-14-13-20-7-5-4-6-8-20)19(2)36-26-16-22(17-27(37)31(26)30)21-9-11-24(35)12-10-21/h4-12,15,18,22,30,36,38H,3,13-14,16-17H2,1-2H3/t22-,30-/m0/s1.